The summed E-state index contributed by atoms with van der Waals surface area (Å²) in [5.74, 6) is 0.773. The molecule has 1 N–H and O–H groups in total. The third-order valence-corrected chi connectivity index (χ3v) is 3.52. The number of nitrogens with one attached hydrogen (secondary N) is 1. The van der Waals surface area contributed by atoms with E-state index in [4.69, 9.17) is 0 Å². The molecule has 0 bridgehead atoms. The fourth-order valence-corrected chi connectivity index (χ4v) is 2.38. The largest absolute Gasteiger partial charge is 0.337 e. The molecule has 1 aliphatic rings. The maximum absolute atomic E-state index is 12.2. The van der Waals surface area contributed by atoms with Gasteiger partial charge in [0.2, 0.25) is 0 Å². The number of likely N-dealkylation sites (tertiary alicyclic amines) is 1. The van der Waals surface area contributed by atoms with Crippen LogP contribution >= 0.6 is 0 Å². The van der Waals surface area contributed by atoms with Crippen LogP contribution in [0.4, 0.5) is 0 Å². The summed E-state index contributed by atoms with van der Waals surface area (Å²) in [6.45, 7) is 5.92. The predicted molar refractivity (Wildman–Crippen MR) is 70.4 cm³/mol. The third-order valence-electron chi connectivity index (χ3n) is 3.52. The first-order chi connectivity index (χ1) is 8.70. The minimum atomic E-state index is 0.0671. The number of hydrogen-bond acceptors (Lipinski definition) is 3. The highest BCUT2D eigenvalue weighted by Crippen LogP contribution is 2.17. The fourth-order valence-electron chi connectivity index (χ4n) is 2.38. The van der Waals surface area contributed by atoms with Crippen molar-refractivity contribution in [1.82, 2.24) is 20.0 Å². The molecule has 0 spiro atoms. The number of nitrogens with zero attached hydrogens (tertiary/aromatic N) is 3. The van der Waals surface area contributed by atoms with Gasteiger partial charge in [-0.05, 0) is 37.9 Å². The lowest BCUT2D eigenvalue weighted by atomic mass is 9.96. The second-order valence-electron chi connectivity index (χ2n) is 4.92. The van der Waals surface area contributed by atoms with Crippen molar-refractivity contribution in [2.24, 2.45) is 13.0 Å². The van der Waals surface area contributed by atoms with Gasteiger partial charge < -0.3 is 10.2 Å². The molecule has 0 saturated carbocycles. The second kappa shape index (κ2) is 6.00. The maximum Gasteiger partial charge on any atom is 0.274 e. The molecule has 0 aromatic carbocycles. The van der Waals surface area contributed by atoms with Crippen molar-refractivity contribution in [2.75, 3.05) is 26.2 Å². The zero-order chi connectivity index (χ0) is 13.0. The number of carbonyl (C=O) groups excluding carboxylic acids is 1. The van der Waals surface area contributed by atoms with Crippen LogP contribution in [-0.4, -0.2) is 46.8 Å². The Kier molecular flexibility index (Phi) is 4.36. The lowest BCUT2D eigenvalue weighted by Gasteiger charge is -2.31. The molecule has 0 radical (unpaired) electrons. The van der Waals surface area contributed by atoms with Gasteiger partial charge in [-0.1, -0.05) is 6.92 Å². The van der Waals surface area contributed by atoms with E-state index in [9.17, 15) is 4.79 Å². The van der Waals surface area contributed by atoms with Gasteiger partial charge in [-0.25, -0.2) is 0 Å². The monoisotopic (exact) mass is 250 g/mol. The summed E-state index contributed by atoms with van der Waals surface area (Å²) in [5.41, 5.74) is 0.558. The van der Waals surface area contributed by atoms with Crippen LogP contribution in [-0.2, 0) is 7.05 Å². The van der Waals surface area contributed by atoms with Crippen LogP contribution < -0.4 is 5.32 Å². The van der Waals surface area contributed by atoms with Crippen LogP contribution in [0.3, 0.4) is 0 Å². The molecule has 2 rings (SSSR count). The molecule has 100 valence electrons. The van der Waals surface area contributed by atoms with Gasteiger partial charge in [0.15, 0.2) is 0 Å². The molecular formula is C13H22N4O. The van der Waals surface area contributed by atoms with E-state index in [0.29, 0.717) is 11.6 Å². The first-order valence-electron chi connectivity index (χ1n) is 6.70. The van der Waals surface area contributed by atoms with Crippen molar-refractivity contribution in [3.63, 3.8) is 0 Å². The van der Waals surface area contributed by atoms with Gasteiger partial charge in [-0.3, -0.25) is 9.48 Å². The fraction of sp³-hybridized carbons (Fsp3) is 0.692. The average molecular weight is 250 g/mol. The van der Waals surface area contributed by atoms with E-state index in [-0.39, 0.29) is 5.91 Å². The molecule has 1 aliphatic heterocycles. The summed E-state index contributed by atoms with van der Waals surface area (Å²) in [6.07, 6.45) is 3.99. The minimum Gasteiger partial charge on any atom is -0.337 e. The Bertz CT molecular complexity index is 393. The molecule has 18 heavy (non-hydrogen) atoms. The van der Waals surface area contributed by atoms with Crippen LogP contribution in [0, 0.1) is 5.92 Å². The maximum atomic E-state index is 12.2. The van der Waals surface area contributed by atoms with Crippen LogP contribution in [0.2, 0.25) is 0 Å². The third kappa shape index (κ3) is 3.10. The number of rotatable bonds is 4. The SMILES string of the molecule is CCNCC1CCN(C(=O)c2ccn(C)n2)CC1. The molecule has 2 heterocycles. The van der Waals surface area contributed by atoms with E-state index in [1.54, 1.807) is 10.7 Å². The van der Waals surface area contributed by atoms with E-state index in [2.05, 4.69) is 17.3 Å². The van der Waals surface area contributed by atoms with Crippen molar-refractivity contribution in [1.29, 1.82) is 0 Å². The van der Waals surface area contributed by atoms with Gasteiger partial charge in [0.05, 0.1) is 0 Å². The number of hydrogen-bond donors (Lipinski definition) is 1. The van der Waals surface area contributed by atoms with Gasteiger partial charge in [0, 0.05) is 26.3 Å². The first kappa shape index (κ1) is 13.1. The van der Waals surface area contributed by atoms with Gasteiger partial charge in [0.1, 0.15) is 5.69 Å². The van der Waals surface area contributed by atoms with E-state index < -0.39 is 0 Å². The van der Waals surface area contributed by atoms with Crippen LogP contribution in [0.5, 0.6) is 0 Å². The molecule has 1 aromatic heterocycles. The first-order valence-corrected chi connectivity index (χ1v) is 6.70. The molecule has 5 nitrogen and oxygen atoms in total. The van der Waals surface area contributed by atoms with E-state index in [0.717, 1.165) is 39.0 Å². The Morgan fingerprint density at radius 1 is 1.50 bits per heavy atom. The highest BCUT2D eigenvalue weighted by molar-refractivity contribution is 5.92. The van der Waals surface area contributed by atoms with Crippen molar-refractivity contribution < 1.29 is 4.79 Å². The van der Waals surface area contributed by atoms with E-state index in [1.165, 1.54) is 0 Å². The number of carbonyl (C=O) groups is 1. The van der Waals surface area contributed by atoms with Gasteiger partial charge >= 0.3 is 0 Å². The van der Waals surface area contributed by atoms with Crippen molar-refractivity contribution >= 4 is 5.91 Å². The molecule has 5 heteroatoms. The quantitative estimate of drug-likeness (QED) is 0.863. The zero-order valence-electron chi connectivity index (χ0n) is 11.2. The molecule has 0 atom stereocenters. The van der Waals surface area contributed by atoms with Crippen LogP contribution in [0.25, 0.3) is 0 Å². The van der Waals surface area contributed by atoms with Gasteiger partial charge in [-0.15, -0.1) is 0 Å². The summed E-state index contributed by atoms with van der Waals surface area (Å²) in [7, 11) is 1.83. The standard InChI is InChI=1S/C13H22N4O/c1-3-14-10-11-4-8-17(9-5-11)13(18)12-6-7-16(2)15-12/h6-7,11,14H,3-5,8-10H2,1-2H3. The molecule has 0 aliphatic carbocycles. The summed E-state index contributed by atoms with van der Waals surface area (Å²) in [4.78, 5) is 14.1. The summed E-state index contributed by atoms with van der Waals surface area (Å²) >= 11 is 0. The number of aryl methyl sites for hydroxylation is 1. The normalized spacial score (nSPS) is 17.1. The number of piperidine rings is 1. The zero-order valence-corrected chi connectivity index (χ0v) is 11.2. The molecular weight excluding hydrogens is 228 g/mol. The smallest absolute Gasteiger partial charge is 0.274 e. The van der Waals surface area contributed by atoms with Crippen molar-refractivity contribution in [2.45, 2.75) is 19.8 Å². The lowest BCUT2D eigenvalue weighted by Crippen LogP contribution is -2.41. The summed E-state index contributed by atoms with van der Waals surface area (Å²) in [5, 5.41) is 7.55. The summed E-state index contributed by atoms with van der Waals surface area (Å²) in [6, 6.07) is 1.78. The molecule has 0 unspecified atom stereocenters. The topological polar surface area (TPSA) is 50.2 Å². The summed E-state index contributed by atoms with van der Waals surface area (Å²) < 4.78 is 1.67. The Balaban J connectivity index is 1.84. The Morgan fingerprint density at radius 2 is 2.22 bits per heavy atom. The minimum absolute atomic E-state index is 0.0671. The Morgan fingerprint density at radius 3 is 2.78 bits per heavy atom. The molecule has 1 aromatic rings. The van der Waals surface area contributed by atoms with Gasteiger partial charge in [0.25, 0.3) is 5.91 Å². The number of aromatic nitrogens is 2. The van der Waals surface area contributed by atoms with Crippen molar-refractivity contribution in [3.05, 3.63) is 18.0 Å². The van der Waals surface area contributed by atoms with E-state index >= 15 is 0 Å². The van der Waals surface area contributed by atoms with Crippen LogP contribution in [0.1, 0.15) is 30.3 Å². The number of amides is 1. The second-order valence-corrected chi connectivity index (χ2v) is 4.92. The molecule has 1 fully saturated rings. The average Bonchev–Trinajstić information content (AvgIpc) is 2.83. The molecule has 1 amide bonds. The Hall–Kier alpha value is -1.36. The van der Waals surface area contributed by atoms with E-state index in [1.807, 2.05) is 18.1 Å². The lowest BCUT2D eigenvalue weighted by molar-refractivity contribution is 0.0683. The van der Waals surface area contributed by atoms with Crippen molar-refractivity contribution in [3.8, 4) is 0 Å². The highest BCUT2D eigenvalue weighted by Gasteiger charge is 2.24. The highest BCUT2D eigenvalue weighted by atomic mass is 16.2. The molecule has 1 saturated heterocycles. The predicted octanol–water partition coefficient (Wildman–Crippen LogP) is 0.882. The Labute approximate surface area is 108 Å². The van der Waals surface area contributed by atoms with Gasteiger partial charge in [-0.2, -0.15) is 5.10 Å². The van der Waals surface area contributed by atoms with Crippen LogP contribution in [0.15, 0.2) is 12.3 Å².